The summed E-state index contributed by atoms with van der Waals surface area (Å²) in [6.07, 6.45) is 0.431. The van der Waals surface area contributed by atoms with Crippen molar-refractivity contribution in [1.82, 2.24) is 21.0 Å². The normalized spacial score (nSPS) is 11.2. The fourth-order valence-electron chi connectivity index (χ4n) is 3.18. The van der Waals surface area contributed by atoms with Crippen molar-refractivity contribution in [2.45, 2.75) is 6.42 Å². The maximum absolute atomic E-state index is 11.9. The molecular weight excluding hydrogens is 384 g/mol. The van der Waals surface area contributed by atoms with Crippen LogP contribution >= 0.6 is 0 Å². The number of hydrazone groups is 1. The van der Waals surface area contributed by atoms with Gasteiger partial charge in [0.1, 0.15) is 11.4 Å². The Kier molecular flexibility index (Phi) is 6.18. The highest BCUT2D eigenvalue weighted by atomic mass is 16.3. The minimum atomic E-state index is -0.167. The first-order valence-corrected chi connectivity index (χ1v) is 9.17. The van der Waals surface area contributed by atoms with Crippen LogP contribution in [0.3, 0.4) is 0 Å². The molecule has 0 aliphatic carbocycles. The molecule has 10 nitrogen and oxygen atoms in total. The van der Waals surface area contributed by atoms with Gasteiger partial charge < -0.3 is 21.5 Å². The standard InChI is InChI=1S/C20H24N8O2/c1-23-19-16(17(25-27-19)18(21)26-28-22)12-6-7-15(29)14(10-12)9-11-4-3-5-13(8-11)20(30)24-2/h3-8,10,28-29H,9,22H2,1-2H3,(H2,21,26)(H,24,30)(H2,23,25,27). The molecule has 1 heterocycles. The lowest BCUT2D eigenvalue weighted by atomic mass is 9.97. The van der Waals surface area contributed by atoms with Gasteiger partial charge in [-0.25, -0.2) is 11.4 Å². The monoisotopic (exact) mass is 408 g/mol. The van der Waals surface area contributed by atoms with Gasteiger partial charge in [-0.1, -0.05) is 18.2 Å². The molecule has 0 unspecified atom stereocenters. The molecule has 0 radical (unpaired) electrons. The Morgan fingerprint density at radius 3 is 2.73 bits per heavy atom. The number of aromatic nitrogens is 2. The third kappa shape index (κ3) is 4.18. The first-order chi connectivity index (χ1) is 14.5. The van der Waals surface area contributed by atoms with Crippen molar-refractivity contribution in [3.63, 3.8) is 0 Å². The molecule has 9 N–H and O–H groups in total. The quantitative estimate of drug-likeness (QED) is 0.132. The van der Waals surface area contributed by atoms with E-state index in [0.29, 0.717) is 34.6 Å². The number of phenolic OH excluding ortho intramolecular Hbond substituents is 1. The van der Waals surface area contributed by atoms with Crippen LogP contribution in [0, 0.1) is 0 Å². The Balaban J connectivity index is 2.02. The van der Waals surface area contributed by atoms with Crippen molar-refractivity contribution in [3.05, 3.63) is 64.8 Å². The SMILES string of the molecule is CNC(=O)c1cccc(Cc2cc(-c3c(NC)n[nH]c3/C(N)=N/NN)ccc2O)c1. The van der Waals surface area contributed by atoms with Crippen molar-refractivity contribution in [3.8, 4) is 16.9 Å². The van der Waals surface area contributed by atoms with E-state index in [1.165, 1.54) is 0 Å². The zero-order valence-electron chi connectivity index (χ0n) is 16.7. The van der Waals surface area contributed by atoms with Gasteiger partial charge in [-0.3, -0.25) is 9.89 Å². The molecule has 0 bridgehead atoms. The van der Waals surface area contributed by atoms with E-state index >= 15 is 0 Å². The molecule has 156 valence electrons. The first kappa shape index (κ1) is 20.7. The van der Waals surface area contributed by atoms with Gasteiger partial charge in [-0.2, -0.15) is 5.10 Å². The largest absolute Gasteiger partial charge is 0.508 e. The number of nitrogens with one attached hydrogen (secondary N) is 4. The number of carbonyl (C=O) groups is 1. The maximum Gasteiger partial charge on any atom is 0.251 e. The zero-order chi connectivity index (χ0) is 21.7. The number of aromatic hydroxyl groups is 1. The fraction of sp³-hybridized carbons (Fsp3) is 0.150. The van der Waals surface area contributed by atoms with Gasteiger partial charge in [-0.15, -0.1) is 5.10 Å². The van der Waals surface area contributed by atoms with E-state index in [2.05, 4.69) is 31.5 Å². The van der Waals surface area contributed by atoms with Crippen LogP contribution in [0.4, 0.5) is 5.82 Å². The number of hydrogen-bond acceptors (Lipinski definition) is 7. The highest BCUT2D eigenvalue weighted by Crippen LogP contribution is 2.33. The van der Waals surface area contributed by atoms with Gasteiger partial charge in [0.2, 0.25) is 0 Å². The second-order valence-electron chi connectivity index (χ2n) is 6.50. The molecule has 3 rings (SSSR count). The van der Waals surface area contributed by atoms with Gasteiger partial charge in [0.25, 0.3) is 5.91 Å². The van der Waals surface area contributed by atoms with Crippen LogP contribution in [-0.4, -0.2) is 41.1 Å². The predicted molar refractivity (Wildman–Crippen MR) is 116 cm³/mol. The number of amidine groups is 1. The number of hydrazine groups is 1. The molecular formula is C20H24N8O2. The average Bonchev–Trinajstić information content (AvgIpc) is 3.19. The Labute approximate surface area is 173 Å². The molecule has 0 saturated heterocycles. The second kappa shape index (κ2) is 8.97. The molecule has 10 heteroatoms. The van der Waals surface area contributed by atoms with Crippen LogP contribution in [0.5, 0.6) is 5.75 Å². The third-order valence-corrected chi connectivity index (χ3v) is 4.62. The summed E-state index contributed by atoms with van der Waals surface area (Å²) >= 11 is 0. The Morgan fingerprint density at radius 2 is 2.03 bits per heavy atom. The van der Waals surface area contributed by atoms with Gasteiger partial charge in [-0.05, 0) is 41.0 Å². The number of anilines is 1. The van der Waals surface area contributed by atoms with Gasteiger partial charge in [0, 0.05) is 26.1 Å². The molecule has 0 saturated carbocycles. The number of nitrogens with zero attached hydrogens (tertiary/aromatic N) is 2. The molecule has 0 atom stereocenters. The summed E-state index contributed by atoms with van der Waals surface area (Å²) in [6, 6.07) is 12.5. The minimum absolute atomic E-state index is 0.134. The van der Waals surface area contributed by atoms with Gasteiger partial charge in [0.05, 0.1) is 5.56 Å². The Bertz CT molecular complexity index is 1090. The lowest BCUT2D eigenvalue weighted by Gasteiger charge is -2.11. The highest BCUT2D eigenvalue weighted by Gasteiger charge is 2.19. The number of rotatable bonds is 7. The summed E-state index contributed by atoms with van der Waals surface area (Å²) < 4.78 is 0. The predicted octanol–water partition coefficient (Wildman–Crippen LogP) is 0.858. The van der Waals surface area contributed by atoms with Crippen molar-refractivity contribution >= 4 is 17.6 Å². The van der Waals surface area contributed by atoms with Crippen molar-refractivity contribution in [2.75, 3.05) is 19.4 Å². The van der Waals surface area contributed by atoms with E-state index in [4.69, 9.17) is 11.6 Å². The van der Waals surface area contributed by atoms with Crippen LogP contribution in [0.25, 0.3) is 11.1 Å². The minimum Gasteiger partial charge on any atom is -0.508 e. The summed E-state index contributed by atoms with van der Waals surface area (Å²) in [7, 11) is 3.32. The summed E-state index contributed by atoms with van der Waals surface area (Å²) in [4.78, 5) is 11.9. The number of benzene rings is 2. The van der Waals surface area contributed by atoms with Crippen LogP contribution < -0.4 is 27.7 Å². The number of hydrogen-bond donors (Lipinski definition) is 7. The molecule has 3 aromatic rings. The fourth-order valence-corrected chi connectivity index (χ4v) is 3.18. The molecule has 30 heavy (non-hydrogen) atoms. The van der Waals surface area contributed by atoms with E-state index in [1.54, 1.807) is 38.4 Å². The zero-order valence-corrected chi connectivity index (χ0v) is 16.7. The summed E-state index contributed by atoms with van der Waals surface area (Å²) in [5.74, 6) is 5.92. The van der Waals surface area contributed by atoms with Gasteiger partial charge in [0.15, 0.2) is 11.7 Å². The molecule has 0 fully saturated rings. The van der Waals surface area contributed by atoms with E-state index in [9.17, 15) is 9.90 Å². The van der Waals surface area contributed by atoms with Crippen molar-refractivity contribution in [2.24, 2.45) is 16.7 Å². The van der Waals surface area contributed by atoms with Crippen LogP contribution in [0.2, 0.25) is 0 Å². The third-order valence-electron chi connectivity index (χ3n) is 4.62. The van der Waals surface area contributed by atoms with E-state index in [0.717, 1.165) is 11.1 Å². The lowest BCUT2D eigenvalue weighted by Crippen LogP contribution is -2.23. The van der Waals surface area contributed by atoms with Crippen LogP contribution in [-0.2, 0) is 6.42 Å². The molecule has 1 amide bonds. The molecule has 1 aromatic heterocycles. The number of amides is 1. The molecule has 2 aromatic carbocycles. The lowest BCUT2D eigenvalue weighted by molar-refractivity contribution is 0.0963. The summed E-state index contributed by atoms with van der Waals surface area (Å²) in [5, 5.41) is 26.9. The molecule has 0 spiro atoms. The van der Waals surface area contributed by atoms with E-state index < -0.39 is 0 Å². The highest BCUT2D eigenvalue weighted by molar-refractivity contribution is 6.04. The smallest absolute Gasteiger partial charge is 0.251 e. The topological polar surface area (TPSA) is 166 Å². The Hall–Kier alpha value is -4.05. The van der Waals surface area contributed by atoms with Crippen molar-refractivity contribution in [1.29, 1.82) is 0 Å². The summed E-state index contributed by atoms with van der Waals surface area (Å²) in [6.45, 7) is 0. The number of H-pyrrole nitrogens is 1. The second-order valence-corrected chi connectivity index (χ2v) is 6.50. The first-order valence-electron chi connectivity index (χ1n) is 9.17. The number of phenols is 1. The van der Waals surface area contributed by atoms with Gasteiger partial charge >= 0.3 is 0 Å². The van der Waals surface area contributed by atoms with E-state index in [-0.39, 0.29) is 17.5 Å². The molecule has 0 aliphatic rings. The number of carbonyl (C=O) groups excluding carboxylic acids is 1. The van der Waals surface area contributed by atoms with Crippen LogP contribution in [0.15, 0.2) is 47.6 Å². The van der Waals surface area contributed by atoms with Crippen LogP contribution in [0.1, 0.15) is 27.2 Å². The molecule has 0 aliphatic heterocycles. The number of aromatic amines is 1. The van der Waals surface area contributed by atoms with Crippen molar-refractivity contribution < 1.29 is 9.90 Å². The Morgan fingerprint density at radius 1 is 1.23 bits per heavy atom. The number of nitrogens with two attached hydrogens (primary N) is 2. The maximum atomic E-state index is 11.9. The average molecular weight is 408 g/mol. The van der Waals surface area contributed by atoms with E-state index in [1.807, 2.05) is 18.2 Å². The summed E-state index contributed by atoms with van der Waals surface area (Å²) in [5.41, 5.74) is 12.2.